The fourth-order valence-corrected chi connectivity index (χ4v) is 2.08. The zero-order valence-electron chi connectivity index (χ0n) is 8.86. The summed E-state index contributed by atoms with van der Waals surface area (Å²) in [5, 5.41) is 3.11. The van der Waals surface area contributed by atoms with Crippen LogP contribution in [-0.4, -0.2) is 31.0 Å². The van der Waals surface area contributed by atoms with Crippen molar-refractivity contribution in [3.8, 4) is 0 Å². The van der Waals surface area contributed by atoms with Gasteiger partial charge < -0.3 is 4.74 Å². The highest BCUT2D eigenvalue weighted by molar-refractivity contribution is 8.13. The van der Waals surface area contributed by atoms with Gasteiger partial charge in [-0.15, -0.1) is 0 Å². The Balaban J connectivity index is 2.93. The third-order valence-electron chi connectivity index (χ3n) is 1.74. The first-order valence-electron chi connectivity index (χ1n) is 4.46. The molecule has 0 bridgehead atoms. The maximum absolute atomic E-state index is 12.3. The van der Waals surface area contributed by atoms with Gasteiger partial charge in [0, 0.05) is 10.7 Å². The van der Waals surface area contributed by atoms with E-state index in [1.165, 1.54) is 0 Å². The van der Waals surface area contributed by atoms with E-state index >= 15 is 0 Å². The molecule has 19 heavy (non-hydrogen) atoms. The molecule has 1 aromatic rings. The van der Waals surface area contributed by atoms with Gasteiger partial charge >= 0.3 is 12.7 Å². The summed E-state index contributed by atoms with van der Waals surface area (Å²) in [4.78, 5) is -0.823. The monoisotopic (exact) mass is 328 g/mol. The van der Waals surface area contributed by atoms with Crippen molar-refractivity contribution < 1.29 is 35.1 Å². The molecule has 0 fully saturated rings. The number of nitrogens with zero attached hydrogens (tertiary/aromatic N) is 2. The van der Waals surface area contributed by atoms with Crippen LogP contribution >= 0.6 is 10.7 Å². The average Bonchev–Trinajstić information content (AvgIpc) is 2.59. The number of rotatable bonds is 5. The fourth-order valence-electron chi connectivity index (χ4n) is 1.08. The highest BCUT2D eigenvalue weighted by atomic mass is 35.7. The predicted molar refractivity (Wildman–Crippen MR) is 52.2 cm³/mol. The lowest BCUT2D eigenvalue weighted by Crippen LogP contribution is -2.17. The first-order valence-corrected chi connectivity index (χ1v) is 6.77. The predicted octanol–water partition coefficient (Wildman–Crippen LogP) is 2.28. The minimum absolute atomic E-state index is 0.0401. The van der Waals surface area contributed by atoms with Gasteiger partial charge in [-0.05, 0) is 0 Å². The molecule has 0 atom stereocenters. The Labute approximate surface area is 108 Å². The second-order valence-corrected chi connectivity index (χ2v) is 5.78. The van der Waals surface area contributed by atoms with Crippen molar-refractivity contribution in [2.75, 3.05) is 6.61 Å². The van der Waals surface area contributed by atoms with E-state index in [4.69, 9.17) is 10.7 Å². The standard InChI is InChI=1S/C7H6ClF5N2O3S/c8-19(16,17)5-1-15(6(9)10)14-4(5)2-18-3-7(11,12)13/h1,6H,2-3H2. The van der Waals surface area contributed by atoms with Crippen LogP contribution in [0, 0.1) is 0 Å². The van der Waals surface area contributed by atoms with E-state index in [9.17, 15) is 30.4 Å². The van der Waals surface area contributed by atoms with Gasteiger partial charge in [0.1, 0.15) is 17.2 Å². The first-order chi connectivity index (χ1) is 8.50. The quantitative estimate of drug-likeness (QED) is 0.614. The van der Waals surface area contributed by atoms with Gasteiger partial charge in [-0.1, -0.05) is 0 Å². The van der Waals surface area contributed by atoms with Crippen molar-refractivity contribution in [3.05, 3.63) is 11.9 Å². The number of hydrogen-bond acceptors (Lipinski definition) is 4. The molecule has 0 saturated heterocycles. The van der Waals surface area contributed by atoms with Crippen LogP contribution in [0.4, 0.5) is 22.0 Å². The van der Waals surface area contributed by atoms with E-state index in [2.05, 4.69) is 9.84 Å². The van der Waals surface area contributed by atoms with Gasteiger partial charge in [-0.2, -0.15) is 27.1 Å². The summed E-state index contributed by atoms with van der Waals surface area (Å²) >= 11 is 0. The van der Waals surface area contributed by atoms with Crippen LogP contribution in [-0.2, 0) is 20.4 Å². The molecule has 0 unspecified atom stereocenters. The topological polar surface area (TPSA) is 61.2 Å². The molecule has 0 N–H and O–H groups in total. The SMILES string of the molecule is O=S(=O)(Cl)c1cn(C(F)F)nc1COCC(F)(F)F. The Morgan fingerprint density at radius 1 is 1.42 bits per heavy atom. The molecule has 12 heteroatoms. The molecule has 0 radical (unpaired) electrons. The minimum Gasteiger partial charge on any atom is -0.366 e. The van der Waals surface area contributed by atoms with Crippen molar-refractivity contribution in [2.45, 2.75) is 24.2 Å². The summed E-state index contributed by atoms with van der Waals surface area (Å²) in [5.41, 5.74) is -0.625. The largest absolute Gasteiger partial charge is 0.411 e. The third kappa shape index (κ3) is 4.91. The van der Waals surface area contributed by atoms with Crippen molar-refractivity contribution in [1.29, 1.82) is 0 Å². The Bertz CT molecular complexity index is 541. The smallest absolute Gasteiger partial charge is 0.366 e. The van der Waals surface area contributed by atoms with Crippen LogP contribution in [0.2, 0.25) is 0 Å². The maximum Gasteiger partial charge on any atom is 0.411 e. The molecule has 0 aliphatic rings. The van der Waals surface area contributed by atoms with Crippen LogP contribution in [0.3, 0.4) is 0 Å². The van der Waals surface area contributed by atoms with Crippen molar-refractivity contribution in [2.24, 2.45) is 0 Å². The van der Waals surface area contributed by atoms with Crippen molar-refractivity contribution in [3.63, 3.8) is 0 Å². The summed E-state index contributed by atoms with van der Waals surface area (Å²) < 4.78 is 86.2. The van der Waals surface area contributed by atoms with E-state index in [0.717, 1.165) is 0 Å². The molecular weight excluding hydrogens is 323 g/mol. The zero-order valence-corrected chi connectivity index (χ0v) is 10.4. The van der Waals surface area contributed by atoms with Crippen LogP contribution in [0.25, 0.3) is 0 Å². The van der Waals surface area contributed by atoms with Gasteiger partial charge in [-0.25, -0.2) is 13.1 Å². The van der Waals surface area contributed by atoms with Gasteiger partial charge in [-0.3, -0.25) is 0 Å². The van der Waals surface area contributed by atoms with Crippen LogP contribution in [0.1, 0.15) is 12.2 Å². The van der Waals surface area contributed by atoms with Crippen LogP contribution < -0.4 is 0 Å². The molecule has 1 rings (SSSR count). The van der Waals surface area contributed by atoms with E-state index < -0.39 is 45.6 Å². The van der Waals surface area contributed by atoms with E-state index in [1.807, 2.05) is 0 Å². The Kier molecular flexibility index (Phi) is 4.74. The molecule has 0 amide bonds. The van der Waals surface area contributed by atoms with Gasteiger partial charge in [0.05, 0.1) is 12.8 Å². The number of hydrogen-bond donors (Lipinski definition) is 0. The zero-order chi connectivity index (χ0) is 14.8. The summed E-state index contributed by atoms with van der Waals surface area (Å²) in [6.07, 6.45) is -4.22. The summed E-state index contributed by atoms with van der Waals surface area (Å²) in [6, 6.07) is 0. The van der Waals surface area contributed by atoms with E-state index in [0.29, 0.717) is 6.20 Å². The number of halogens is 6. The molecule has 5 nitrogen and oxygen atoms in total. The third-order valence-corrected chi connectivity index (χ3v) is 3.10. The van der Waals surface area contributed by atoms with E-state index in [1.54, 1.807) is 0 Å². The first kappa shape index (κ1) is 16.1. The Morgan fingerprint density at radius 3 is 2.42 bits per heavy atom. The lowest BCUT2D eigenvalue weighted by atomic mass is 10.4. The molecule has 0 aromatic carbocycles. The lowest BCUT2D eigenvalue weighted by molar-refractivity contribution is -0.177. The molecule has 1 aromatic heterocycles. The van der Waals surface area contributed by atoms with Crippen molar-refractivity contribution in [1.82, 2.24) is 9.78 Å². The molecule has 0 aliphatic heterocycles. The Morgan fingerprint density at radius 2 is 2.00 bits per heavy atom. The number of ether oxygens (including phenoxy) is 1. The highest BCUT2D eigenvalue weighted by Crippen LogP contribution is 2.23. The maximum atomic E-state index is 12.3. The normalized spacial score (nSPS) is 13.2. The fraction of sp³-hybridized carbons (Fsp3) is 0.571. The van der Waals surface area contributed by atoms with Crippen LogP contribution in [0.15, 0.2) is 11.1 Å². The average molecular weight is 329 g/mol. The lowest BCUT2D eigenvalue weighted by Gasteiger charge is -2.06. The number of alkyl halides is 5. The van der Waals surface area contributed by atoms with Gasteiger partial charge in [0.25, 0.3) is 9.05 Å². The van der Waals surface area contributed by atoms with Crippen LogP contribution in [0.5, 0.6) is 0 Å². The number of aromatic nitrogens is 2. The molecule has 110 valence electrons. The second kappa shape index (κ2) is 5.59. The summed E-state index contributed by atoms with van der Waals surface area (Å²) in [5.74, 6) is 0. The highest BCUT2D eigenvalue weighted by Gasteiger charge is 2.29. The van der Waals surface area contributed by atoms with Crippen molar-refractivity contribution >= 4 is 19.7 Å². The minimum atomic E-state index is -4.63. The second-order valence-electron chi connectivity index (χ2n) is 3.24. The summed E-state index contributed by atoms with van der Waals surface area (Å²) in [7, 11) is 0.529. The van der Waals surface area contributed by atoms with E-state index in [-0.39, 0.29) is 4.68 Å². The molecule has 1 heterocycles. The summed E-state index contributed by atoms with van der Waals surface area (Å²) in [6.45, 7) is -5.75. The van der Waals surface area contributed by atoms with Gasteiger partial charge in [0.2, 0.25) is 0 Å². The Hall–Kier alpha value is -0.940. The molecule has 0 spiro atoms. The molecule has 0 aliphatic carbocycles. The molecular formula is C7H6ClF5N2O3S. The van der Waals surface area contributed by atoms with Gasteiger partial charge in [0.15, 0.2) is 0 Å². The molecule has 0 saturated carbocycles.